The lowest BCUT2D eigenvalue weighted by molar-refractivity contribution is -0.117. The molecule has 0 radical (unpaired) electrons. The predicted molar refractivity (Wildman–Crippen MR) is 99.8 cm³/mol. The highest BCUT2D eigenvalue weighted by atomic mass is 32.2. The van der Waals surface area contributed by atoms with Gasteiger partial charge in [-0.25, -0.2) is 17.9 Å². The van der Waals surface area contributed by atoms with E-state index in [1.54, 1.807) is 14.0 Å². The van der Waals surface area contributed by atoms with Crippen molar-refractivity contribution in [2.75, 3.05) is 44.4 Å². The molecule has 0 aliphatic carbocycles. The molecule has 0 saturated carbocycles. The van der Waals surface area contributed by atoms with E-state index in [-0.39, 0.29) is 30.5 Å². The van der Waals surface area contributed by atoms with Crippen LogP contribution in [0.4, 0.5) is 5.82 Å². The molecule has 1 unspecified atom stereocenters. The van der Waals surface area contributed by atoms with Gasteiger partial charge in [-0.3, -0.25) is 14.4 Å². The first-order valence-corrected chi connectivity index (χ1v) is 10.7. The number of esters is 1. The van der Waals surface area contributed by atoms with Crippen LogP contribution in [0.2, 0.25) is 0 Å². The van der Waals surface area contributed by atoms with Gasteiger partial charge in [0.1, 0.15) is 11.4 Å². The number of hydrogen-bond acceptors (Lipinski definition) is 7. The normalized spacial score (nSPS) is 18.3. The SMILES string of the molecule is CCOC(=O)c1cnn(C)c1NC(=O)CN1CCCC(CNS(C)(=O)=O)C1. The molecule has 1 atom stereocenters. The third-order valence-corrected chi connectivity index (χ3v) is 4.99. The Morgan fingerprint density at radius 2 is 2.15 bits per heavy atom. The van der Waals surface area contributed by atoms with E-state index < -0.39 is 16.0 Å². The number of aromatic nitrogens is 2. The summed E-state index contributed by atoms with van der Waals surface area (Å²) < 4.78 is 31.4. The monoisotopic (exact) mass is 401 g/mol. The number of rotatable bonds is 8. The zero-order chi connectivity index (χ0) is 20.0. The number of anilines is 1. The number of aryl methyl sites for hydroxylation is 1. The van der Waals surface area contributed by atoms with Crippen molar-refractivity contribution in [3.8, 4) is 0 Å². The van der Waals surface area contributed by atoms with E-state index in [0.717, 1.165) is 25.6 Å². The first-order chi connectivity index (χ1) is 12.7. The summed E-state index contributed by atoms with van der Waals surface area (Å²) in [5.41, 5.74) is 0.210. The molecule has 1 aromatic rings. The number of sulfonamides is 1. The molecule has 10 nitrogen and oxygen atoms in total. The largest absolute Gasteiger partial charge is 0.462 e. The van der Waals surface area contributed by atoms with Crippen molar-refractivity contribution < 1.29 is 22.7 Å². The van der Waals surface area contributed by atoms with Crippen LogP contribution in [0.5, 0.6) is 0 Å². The summed E-state index contributed by atoms with van der Waals surface area (Å²) in [7, 11) is -1.59. The number of nitrogens with one attached hydrogen (secondary N) is 2. The fourth-order valence-corrected chi connectivity index (χ4v) is 3.59. The first kappa shape index (κ1) is 21.3. The molecule has 0 aromatic carbocycles. The fraction of sp³-hybridized carbons (Fsp3) is 0.688. The minimum absolute atomic E-state index is 0.156. The Morgan fingerprint density at radius 1 is 1.41 bits per heavy atom. The van der Waals surface area contributed by atoms with E-state index in [0.29, 0.717) is 18.9 Å². The topological polar surface area (TPSA) is 123 Å². The standard InChI is InChI=1S/C16H27N5O5S/c1-4-26-16(23)13-9-17-20(2)15(13)19-14(22)11-21-7-5-6-12(10-21)8-18-27(3,24)25/h9,12,18H,4-8,10-11H2,1-3H3,(H,19,22). The van der Waals surface area contributed by atoms with E-state index in [1.165, 1.54) is 10.9 Å². The van der Waals surface area contributed by atoms with Crippen LogP contribution < -0.4 is 10.0 Å². The van der Waals surface area contributed by atoms with E-state index in [1.807, 2.05) is 4.90 Å². The van der Waals surface area contributed by atoms with Crippen LogP contribution >= 0.6 is 0 Å². The molecule has 27 heavy (non-hydrogen) atoms. The first-order valence-electron chi connectivity index (χ1n) is 8.85. The van der Waals surface area contributed by atoms with Crippen LogP contribution in [0.1, 0.15) is 30.1 Å². The third-order valence-electron chi connectivity index (χ3n) is 4.30. The number of hydrogen-bond donors (Lipinski definition) is 2. The predicted octanol–water partition coefficient (Wildman–Crippen LogP) is -0.203. The van der Waals surface area contributed by atoms with Gasteiger partial charge in [0.05, 0.1) is 25.6 Å². The molecule has 1 fully saturated rings. The highest BCUT2D eigenvalue weighted by Gasteiger charge is 2.24. The Kier molecular flexibility index (Phi) is 7.33. The van der Waals surface area contributed by atoms with Crippen LogP contribution in [0.3, 0.4) is 0 Å². The van der Waals surface area contributed by atoms with Gasteiger partial charge in [-0.05, 0) is 32.2 Å². The Morgan fingerprint density at radius 3 is 2.81 bits per heavy atom. The minimum atomic E-state index is -3.22. The number of piperidine rings is 1. The second-order valence-corrected chi connectivity index (χ2v) is 8.50. The number of nitrogens with zero attached hydrogens (tertiary/aromatic N) is 3. The second-order valence-electron chi connectivity index (χ2n) is 6.66. The molecule has 2 N–H and O–H groups in total. The van der Waals surface area contributed by atoms with Gasteiger partial charge in [-0.2, -0.15) is 5.10 Å². The number of likely N-dealkylation sites (tertiary alicyclic amines) is 1. The van der Waals surface area contributed by atoms with Gasteiger partial charge in [0.15, 0.2) is 0 Å². The lowest BCUT2D eigenvalue weighted by Crippen LogP contribution is -2.43. The van der Waals surface area contributed by atoms with Crippen molar-refractivity contribution in [1.29, 1.82) is 0 Å². The van der Waals surface area contributed by atoms with Crippen LogP contribution in [0, 0.1) is 5.92 Å². The van der Waals surface area contributed by atoms with Crippen molar-refractivity contribution >= 4 is 27.7 Å². The Labute approximate surface area is 159 Å². The molecule has 1 aromatic heterocycles. The van der Waals surface area contributed by atoms with Crippen molar-refractivity contribution in [2.45, 2.75) is 19.8 Å². The summed E-state index contributed by atoms with van der Waals surface area (Å²) in [4.78, 5) is 26.4. The highest BCUT2D eigenvalue weighted by Crippen LogP contribution is 2.18. The molecule has 0 spiro atoms. The molecular weight excluding hydrogens is 374 g/mol. The molecule has 1 aliphatic rings. The quantitative estimate of drug-likeness (QED) is 0.578. The van der Waals surface area contributed by atoms with Crippen LogP contribution in [-0.4, -0.2) is 74.0 Å². The van der Waals surface area contributed by atoms with E-state index in [4.69, 9.17) is 4.74 Å². The highest BCUT2D eigenvalue weighted by molar-refractivity contribution is 7.88. The fourth-order valence-electron chi connectivity index (χ4n) is 3.05. The smallest absolute Gasteiger partial charge is 0.343 e. The van der Waals surface area contributed by atoms with E-state index in [2.05, 4.69) is 15.1 Å². The van der Waals surface area contributed by atoms with Gasteiger partial charge >= 0.3 is 5.97 Å². The van der Waals surface area contributed by atoms with Crippen molar-refractivity contribution in [3.05, 3.63) is 11.8 Å². The number of carbonyl (C=O) groups excluding carboxylic acids is 2. The Balaban J connectivity index is 1.92. The maximum absolute atomic E-state index is 12.4. The van der Waals surface area contributed by atoms with E-state index in [9.17, 15) is 18.0 Å². The lowest BCUT2D eigenvalue weighted by Gasteiger charge is -2.32. The van der Waals surface area contributed by atoms with Crippen LogP contribution in [-0.2, 0) is 26.6 Å². The zero-order valence-electron chi connectivity index (χ0n) is 15.9. The molecule has 2 rings (SSSR count). The number of amides is 1. The lowest BCUT2D eigenvalue weighted by atomic mass is 9.98. The van der Waals surface area contributed by atoms with Gasteiger partial charge < -0.3 is 10.1 Å². The average Bonchev–Trinajstić information content (AvgIpc) is 2.94. The van der Waals surface area contributed by atoms with Gasteiger partial charge in [-0.1, -0.05) is 0 Å². The molecule has 1 aliphatic heterocycles. The summed E-state index contributed by atoms with van der Waals surface area (Å²) in [6.07, 6.45) is 4.30. The summed E-state index contributed by atoms with van der Waals surface area (Å²) in [6, 6.07) is 0. The van der Waals surface area contributed by atoms with Gasteiger partial charge in [0, 0.05) is 20.1 Å². The van der Waals surface area contributed by atoms with Gasteiger partial charge in [0.25, 0.3) is 0 Å². The molecule has 0 bridgehead atoms. The van der Waals surface area contributed by atoms with Gasteiger partial charge in [0.2, 0.25) is 15.9 Å². The maximum Gasteiger partial charge on any atom is 0.343 e. The molecular formula is C16H27N5O5S. The molecule has 1 amide bonds. The molecule has 11 heteroatoms. The van der Waals surface area contributed by atoms with E-state index >= 15 is 0 Å². The Bertz CT molecular complexity index is 776. The third kappa shape index (κ3) is 6.60. The minimum Gasteiger partial charge on any atom is -0.462 e. The van der Waals surface area contributed by atoms with Gasteiger partial charge in [-0.15, -0.1) is 0 Å². The number of ether oxygens (including phenoxy) is 1. The summed E-state index contributed by atoms with van der Waals surface area (Å²) in [5.74, 6) is -0.342. The molecule has 152 valence electrons. The van der Waals surface area contributed by atoms with Crippen LogP contribution in [0.15, 0.2) is 6.20 Å². The summed E-state index contributed by atoms with van der Waals surface area (Å²) >= 11 is 0. The maximum atomic E-state index is 12.4. The van der Waals surface area contributed by atoms with Crippen molar-refractivity contribution in [1.82, 2.24) is 19.4 Å². The molecule has 2 heterocycles. The van der Waals surface area contributed by atoms with Crippen LogP contribution in [0.25, 0.3) is 0 Å². The number of carbonyl (C=O) groups is 2. The van der Waals surface area contributed by atoms with Crippen molar-refractivity contribution in [2.24, 2.45) is 13.0 Å². The van der Waals surface area contributed by atoms with Crippen molar-refractivity contribution in [3.63, 3.8) is 0 Å². The molecule has 1 saturated heterocycles. The second kappa shape index (κ2) is 9.29. The zero-order valence-corrected chi connectivity index (χ0v) is 16.7. The average molecular weight is 401 g/mol. The Hall–Kier alpha value is -1.98. The summed E-state index contributed by atoms with van der Waals surface area (Å²) in [5, 5.41) is 6.73. The summed E-state index contributed by atoms with van der Waals surface area (Å²) in [6.45, 7) is 3.86.